The van der Waals surface area contributed by atoms with Crippen molar-refractivity contribution in [2.45, 2.75) is 45.7 Å². The monoisotopic (exact) mass is 292 g/mol. The molecule has 3 rings (SSSR count). The minimum atomic E-state index is 0.731. The highest BCUT2D eigenvalue weighted by molar-refractivity contribution is 6.31. The Labute approximate surface area is 127 Å². The molecule has 1 saturated carbocycles. The summed E-state index contributed by atoms with van der Waals surface area (Å²) in [4.78, 5) is 2.49. The van der Waals surface area contributed by atoms with Crippen LogP contribution in [-0.2, 0) is 6.54 Å². The first-order valence-electron chi connectivity index (χ1n) is 7.88. The Kier molecular flexibility index (Phi) is 4.23. The lowest BCUT2D eigenvalue weighted by Gasteiger charge is -2.36. The number of anilines is 1. The third kappa shape index (κ3) is 3.48. The molecule has 2 nitrogen and oxygen atoms in total. The third-order valence-corrected chi connectivity index (χ3v) is 4.78. The molecule has 0 aromatic heterocycles. The summed E-state index contributed by atoms with van der Waals surface area (Å²) >= 11 is 6.46. The second kappa shape index (κ2) is 5.95. The molecular formula is C17H25ClN2. The molecule has 1 N–H and O–H groups in total. The van der Waals surface area contributed by atoms with Crippen molar-refractivity contribution < 1.29 is 0 Å². The molecule has 2 aliphatic rings. The maximum Gasteiger partial charge on any atom is 0.0471 e. The van der Waals surface area contributed by atoms with Crippen LogP contribution in [-0.4, -0.2) is 19.1 Å². The van der Waals surface area contributed by atoms with Gasteiger partial charge in [-0.1, -0.05) is 31.5 Å². The highest BCUT2D eigenvalue weighted by Crippen LogP contribution is 2.30. The van der Waals surface area contributed by atoms with Gasteiger partial charge in [0.2, 0.25) is 0 Å². The zero-order chi connectivity index (χ0) is 14.1. The standard InChI is InChI=1S/C17H25ClN2/c1-12-7-13(2)11-20(10-12)16-6-3-14(17(18)8-16)9-19-15-4-5-15/h3,6,8,12-13,15,19H,4-5,7,9-11H2,1-2H3. The van der Waals surface area contributed by atoms with Crippen LogP contribution in [0.15, 0.2) is 18.2 Å². The summed E-state index contributed by atoms with van der Waals surface area (Å²) in [6, 6.07) is 7.31. The summed E-state index contributed by atoms with van der Waals surface area (Å²) in [5.74, 6) is 1.54. The van der Waals surface area contributed by atoms with E-state index in [0.29, 0.717) is 0 Å². The fourth-order valence-electron chi connectivity index (χ4n) is 3.29. The lowest BCUT2D eigenvalue weighted by Crippen LogP contribution is -2.38. The fourth-order valence-corrected chi connectivity index (χ4v) is 3.53. The van der Waals surface area contributed by atoms with Crippen molar-refractivity contribution in [3.63, 3.8) is 0 Å². The van der Waals surface area contributed by atoms with Crippen LogP contribution in [0.5, 0.6) is 0 Å². The third-order valence-electron chi connectivity index (χ3n) is 4.43. The largest absolute Gasteiger partial charge is 0.371 e. The van der Waals surface area contributed by atoms with E-state index in [1.807, 2.05) is 0 Å². The molecule has 1 aliphatic carbocycles. The topological polar surface area (TPSA) is 15.3 Å². The van der Waals surface area contributed by atoms with E-state index in [-0.39, 0.29) is 0 Å². The maximum absolute atomic E-state index is 6.46. The molecular weight excluding hydrogens is 268 g/mol. The molecule has 2 atom stereocenters. The fraction of sp³-hybridized carbons (Fsp3) is 0.647. The normalized spacial score (nSPS) is 26.9. The van der Waals surface area contributed by atoms with E-state index in [2.05, 4.69) is 42.3 Å². The van der Waals surface area contributed by atoms with Crippen molar-refractivity contribution in [2.24, 2.45) is 11.8 Å². The smallest absolute Gasteiger partial charge is 0.0471 e. The SMILES string of the molecule is CC1CC(C)CN(c2ccc(CNC3CC3)c(Cl)c2)C1. The van der Waals surface area contributed by atoms with Crippen molar-refractivity contribution in [1.82, 2.24) is 5.32 Å². The van der Waals surface area contributed by atoms with Crippen LogP contribution in [0.3, 0.4) is 0 Å². The van der Waals surface area contributed by atoms with Crippen molar-refractivity contribution in [1.29, 1.82) is 0 Å². The van der Waals surface area contributed by atoms with Gasteiger partial charge in [-0.25, -0.2) is 0 Å². The number of benzene rings is 1. The second-order valence-corrected chi connectivity index (χ2v) is 7.19. The lowest BCUT2D eigenvalue weighted by atomic mass is 9.91. The first-order valence-corrected chi connectivity index (χ1v) is 8.26. The van der Waals surface area contributed by atoms with Gasteiger partial charge in [-0.05, 0) is 48.8 Å². The van der Waals surface area contributed by atoms with Gasteiger partial charge in [0.1, 0.15) is 0 Å². The van der Waals surface area contributed by atoms with Crippen molar-refractivity contribution >= 4 is 17.3 Å². The molecule has 0 radical (unpaired) electrons. The van der Waals surface area contributed by atoms with Gasteiger partial charge in [-0.3, -0.25) is 0 Å². The van der Waals surface area contributed by atoms with E-state index in [4.69, 9.17) is 11.6 Å². The number of nitrogens with zero attached hydrogens (tertiary/aromatic N) is 1. The van der Waals surface area contributed by atoms with E-state index in [9.17, 15) is 0 Å². The van der Waals surface area contributed by atoms with Gasteiger partial charge in [0.15, 0.2) is 0 Å². The van der Waals surface area contributed by atoms with Crippen LogP contribution >= 0.6 is 11.6 Å². The highest BCUT2D eigenvalue weighted by Gasteiger charge is 2.23. The molecule has 3 heteroatoms. The molecule has 0 spiro atoms. The minimum absolute atomic E-state index is 0.731. The summed E-state index contributed by atoms with van der Waals surface area (Å²) in [5.41, 5.74) is 2.50. The van der Waals surface area contributed by atoms with E-state index < -0.39 is 0 Å². The number of nitrogens with one attached hydrogen (secondary N) is 1. The second-order valence-electron chi connectivity index (χ2n) is 6.78. The van der Waals surface area contributed by atoms with Crippen LogP contribution in [0, 0.1) is 11.8 Å². The Balaban J connectivity index is 1.68. The average Bonchev–Trinajstić information content (AvgIpc) is 3.20. The molecule has 0 bridgehead atoms. The molecule has 1 aromatic rings. The van der Waals surface area contributed by atoms with Gasteiger partial charge < -0.3 is 10.2 Å². The molecule has 2 unspecified atom stereocenters. The molecule has 2 fully saturated rings. The summed E-state index contributed by atoms with van der Waals surface area (Å²) in [6.07, 6.45) is 3.98. The Morgan fingerprint density at radius 1 is 1.20 bits per heavy atom. The summed E-state index contributed by atoms with van der Waals surface area (Å²) < 4.78 is 0. The maximum atomic E-state index is 6.46. The zero-order valence-electron chi connectivity index (χ0n) is 12.5. The number of hydrogen-bond donors (Lipinski definition) is 1. The van der Waals surface area contributed by atoms with Crippen LogP contribution in [0.1, 0.15) is 38.7 Å². The van der Waals surface area contributed by atoms with Gasteiger partial charge in [0, 0.05) is 36.4 Å². The summed E-state index contributed by atoms with van der Waals surface area (Å²) in [6.45, 7) is 7.90. The predicted octanol–water partition coefficient (Wildman–Crippen LogP) is 4.07. The molecule has 20 heavy (non-hydrogen) atoms. The van der Waals surface area contributed by atoms with E-state index >= 15 is 0 Å². The van der Waals surface area contributed by atoms with Gasteiger partial charge >= 0.3 is 0 Å². The van der Waals surface area contributed by atoms with E-state index in [0.717, 1.165) is 42.5 Å². The molecule has 1 aromatic carbocycles. The molecule has 0 amide bonds. The van der Waals surface area contributed by atoms with Crippen LogP contribution in [0.2, 0.25) is 5.02 Å². The lowest BCUT2D eigenvalue weighted by molar-refractivity contribution is 0.357. The average molecular weight is 293 g/mol. The van der Waals surface area contributed by atoms with E-state index in [1.54, 1.807) is 0 Å². The summed E-state index contributed by atoms with van der Waals surface area (Å²) in [7, 11) is 0. The first kappa shape index (κ1) is 14.2. The predicted molar refractivity (Wildman–Crippen MR) is 86.5 cm³/mol. The summed E-state index contributed by atoms with van der Waals surface area (Å²) in [5, 5.41) is 4.43. The van der Waals surface area contributed by atoms with Gasteiger partial charge in [0.05, 0.1) is 0 Å². The number of hydrogen-bond acceptors (Lipinski definition) is 2. The zero-order valence-corrected chi connectivity index (χ0v) is 13.3. The van der Waals surface area contributed by atoms with Gasteiger partial charge in [0.25, 0.3) is 0 Å². The van der Waals surface area contributed by atoms with Crippen molar-refractivity contribution in [3.8, 4) is 0 Å². The van der Waals surface area contributed by atoms with Gasteiger partial charge in [-0.2, -0.15) is 0 Å². The Bertz CT molecular complexity index is 460. The Morgan fingerprint density at radius 3 is 2.50 bits per heavy atom. The Hall–Kier alpha value is -0.730. The van der Waals surface area contributed by atoms with Crippen LogP contribution < -0.4 is 10.2 Å². The van der Waals surface area contributed by atoms with Gasteiger partial charge in [-0.15, -0.1) is 0 Å². The number of halogens is 1. The number of piperidine rings is 1. The molecule has 110 valence electrons. The van der Waals surface area contributed by atoms with E-state index in [1.165, 1.54) is 30.5 Å². The molecule has 1 heterocycles. The minimum Gasteiger partial charge on any atom is -0.371 e. The number of rotatable bonds is 4. The van der Waals surface area contributed by atoms with Crippen LogP contribution in [0.4, 0.5) is 5.69 Å². The first-order chi connectivity index (χ1) is 9.61. The van der Waals surface area contributed by atoms with Crippen LogP contribution in [0.25, 0.3) is 0 Å². The Morgan fingerprint density at radius 2 is 1.90 bits per heavy atom. The molecule has 1 saturated heterocycles. The van der Waals surface area contributed by atoms with Crippen molar-refractivity contribution in [2.75, 3.05) is 18.0 Å². The van der Waals surface area contributed by atoms with Crippen molar-refractivity contribution in [3.05, 3.63) is 28.8 Å². The quantitative estimate of drug-likeness (QED) is 0.900. The highest BCUT2D eigenvalue weighted by atomic mass is 35.5. The molecule has 1 aliphatic heterocycles.